The summed E-state index contributed by atoms with van der Waals surface area (Å²) in [5.41, 5.74) is 16.7. The number of nitrogens with zero attached hydrogens (tertiary/aromatic N) is 2. The molecule has 234 valence electrons. The van der Waals surface area contributed by atoms with Gasteiger partial charge < -0.3 is 4.90 Å². The highest BCUT2D eigenvalue weighted by atomic mass is 15.1. The van der Waals surface area contributed by atoms with E-state index in [1.807, 2.05) is 19.9 Å². The summed E-state index contributed by atoms with van der Waals surface area (Å²) >= 11 is 0. The van der Waals surface area contributed by atoms with Crippen molar-refractivity contribution in [2.75, 3.05) is 4.90 Å². The van der Waals surface area contributed by atoms with Crippen LogP contribution in [0.3, 0.4) is 0 Å². The molecule has 0 atom stereocenters. The van der Waals surface area contributed by atoms with E-state index in [0.29, 0.717) is 0 Å². The zero-order valence-corrected chi connectivity index (χ0v) is 27.9. The summed E-state index contributed by atoms with van der Waals surface area (Å²) in [5, 5.41) is 0. The van der Waals surface area contributed by atoms with E-state index in [1.54, 1.807) is 6.08 Å². The van der Waals surface area contributed by atoms with Crippen molar-refractivity contribution >= 4 is 22.7 Å². The minimum Gasteiger partial charge on any atom is -0.310 e. The van der Waals surface area contributed by atoms with Crippen LogP contribution >= 0.6 is 0 Å². The summed E-state index contributed by atoms with van der Waals surface area (Å²) in [6.45, 7) is 14.0. The van der Waals surface area contributed by atoms with Gasteiger partial charge in [-0.25, -0.2) is 4.99 Å². The van der Waals surface area contributed by atoms with Crippen LogP contribution in [-0.4, -0.2) is 5.71 Å². The Morgan fingerprint density at radius 1 is 0.771 bits per heavy atom. The van der Waals surface area contributed by atoms with Crippen LogP contribution in [0.25, 0.3) is 16.7 Å². The first-order valence-electron chi connectivity index (χ1n) is 16.6. The molecule has 8 rings (SSSR count). The monoisotopic (exact) mass is 620 g/mol. The molecule has 4 aliphatic rings. The highest BCUT2D eigenvalue weighted by Gasteiger charge is 2.53. The maximum absolute atomic E-state index is 4.74. The van der Waals surface area contributed by atoms with Crippen LogP contribution in [-0.2, 0) is 5.41 Å². The highest BCUT2D eigenvalue weighted by molar-refractivity contribution is 6.15. The average Bonchev–Trinajstić information content (AvgIpc) is 3.81. The Hall–Kier alpha value is -5.91. The third-order valence-corrected chi connectivity index (χ3v) is 9.38. The third-order valence-electron chi connectivity index (χ3n) is 9.38. The largest absolute Gasteiger partial charge is 0.310 e. The Bertz CT molecular complexity index is 2080. The van der Waals surface area contributed by atoms with Crippen LogP contribution in [0.4, 0.5) is 11.4 Å². The lowest BCUT2D eigenvalue weighted by Gasteiger charge is -2.34. The summed E-state index contributed by atoms with van der Waals surface area (Å²) in [4.78, 5) is 7.09. The van der Waals surface area contributed by atoms with Gasteiger partial charge in [0.2, 0.25) is 0 Å². The number of fused-ring (bicyclic) bond motifs is 9. The number of anilines is 2. The molecule has 1 spiro atoms. The maximum atomic E-state index is 4.74. The van der Waals surface area contributed by atoms with Crippen LogP contribution in [0.1, 0.15) is 49.4 Å². The third kappa shape index (κ3) is 4.71. The summed E-state index contributed by atoms with van der Waals surface area (Å²) in [5.74, 6) is 0. The van der Waals surface area contributed by atoms with Gasteiger partial charge in [-0.2, -0.15) is 0 Å². The smallest absolute Gasteiger partial charge is 0.0751 e. The molecule has 4 aromatic carbocycles. The fourth-order valence-electron chi connectivity index (χ4n) is 7.67. The second-order valence-corrected chi connectivity index (χ2v) is 11.5. The molecule has 2 heteroatoms. The van der Waals surface area contributed by atoms with Crippen LogP contribution in [0.2, 0.25) is 0 Å². The van der Waals surface area contributed by atoms with Crippen molar-refractivity contribution in [1.29, 1.82) is 0 Å². The first-order chi connectivity index (χ1) is 23.7. The topological polar surface area (TPSA) is 15.6 Å². The lowest BCUT2D eigenvalue weighted by atomic mass is 9.69. The van der Waals surface area contributed by atoms with E-state index in [1.165, 1.54) is 44.5 Å². The molecule has 3 aliphatic carbocycles. The van der Waals surface area contributed by atoms with Gasteiger partial charge in [-0.15, -0.1) is 12.8 Å². The molecule has 1 heterocycles. The second-order valence-electron chi connectivity index (χ2n) is 11.5. The molecule has 1 aliphatic heterocycles. The zero-order valence-electron chi connectivity index (χ0n) is 27.9. The minimum absolute atomic E-state index is 0.320. The molecule has 0 saturated heterocycles. The Labute approximate surface area is 285 Å². The number of rotatable bonds is 7. The molecule has 0 N–H and O–H groups in total. The molecule has 0 fully saturated rings. The molecule has 0 radical (unpaired) electrons. The number of allylic oxidation sites excluding steroid dienone is 10. The lowest BCUT2D eigenvalue weighted by Crippen LogP contribution is -2.27. The van der Waals surface area contributed by atoms with Gasteiger partial charge in [0, 0.05) is 22.6 Å². The predicted octanol–water partition coefficient (Wildman–Crippen LogP) is 11.7. The van der Waals surface area contributed by atoms with Gasteiger partial charge in [0.25, 0.3) is 0 Å². The fourth-order valence-corrected chi connectivity index (χ4v) is 7.67. The molecule has 4 aromatic rings. The number of hydrogen-bond donors (Lipinski definition) is 0. The molecular formula is C46H40N2. The van der Waals surface area contributed by atoms with Gasteiger partial charge in [-0.1, -0.05) is 124 Å². The van der Waals surface area contributed by atoms with Gasteiger partial charge in [0.15, 0.2) is 0 Å². The second kappa shape index (κ2) is 13.4. The van der Waals surface area contributed by atoms with E-state index in [4.69, 9.17) is 4.99 Å². The van der Waals surface area contributed by atoms with Crippen molar-refractivity contribution in [2.45, 2.75) is 32.6 Å². The molecule has 0 amide bonds. The average molecular weight is 621 g/mol. The Morgan fingerprint density at radius 3 is 2.04 bits per heavy atom. The SMILES string of the molecule is C#C.C=CC1=NC(/C=C(\C=C/C)N(c2ccccc2)c2ccc3c(c2)C2(C4=C3C=CC4)c3ccccc3-c3ccccc32)=C1C=C.CC. The minimum atomic E-state index is -0.320. The molecular weight excluding hydrogens is 581 g/mol. The Kier molecular flexibility index (Phi) is 8.98. The van der Waals surface area contributed by atoms with Crippen molar-refractivity contribution in [1.82, 2.24) is 0 Å². The van der Waals surface area contributed by atoms with Crippen molar-refractivity contribution < 1.29 is 0 Å². The van der Waals surface area contributed by atoms with Crippen LogP contribution in [0.15, 0.2) is 180 Å². The molecule has 48 heavy (non-hydrogen) atoms. The quantitative estimate of drug-likeness (QED) is 0.148. The standard InChI is InChI=1S/C42H32N2.C2H6.C2H2/c1-4-15-29(27-41-31(5-2)40(6-3)43-41)44(28-16-8-7-9-17-28)30-24-25-35-34-20-14-23-38(34)42(39(35)26-30)36-21-12-10-18-32(36)33-19-11-13-22-37(33)42;2*1-2/h4-22,24-27H,2-3,23H2,1H3;1-2H3;1-2H/b15-4-,29-27+;;. The van der Waals surface area contributed by atoms with Gasteiger partial charge >= 0.3 is 0 Å². The molecule has 0 bridgehead atoms. The summed E-state index contributed by atoms with van der Waals surface area (Å²) in [7, 11) is 0. The van der Waals surface area contributed by atoms with E-state index in [9.17, 15) is 0 Å². The number of terminal acetylenes is 1. The van der Waals surface area contributed by atoms with Gasteiger partial charge in [-0.05, 0) is 100 Å². The molecule has 0 aromatic heterocycles. The fraction of sp³-hybridized carbons (Fsp3) is 0.109. The van der Waals surface area contributed by atoms with E-state index < -0.39 is 0 Å². The molecule has 0 unspecified atom stereocenters. The molecule has 0 saturated carbocycles. The van der Waals surface area contributed by atoms with Crippen molar-refractivity contribution in [3.8, 4) is 24.0 Å². The van der Waals surface area contributed by atoms with Gasteiger partial charge in [0.1, 0.15) is 0 Å². The summed E-state index contributed by atoms with van der Waals surface area (Å²) < 4.78 is 0. The normalized spacial score (nSPS) is 15.7. The number of para-hydroxylation sites is 1. The van der Waals surface area contributed by atoms with E-state index >= 15 is 0 Å². The van der Waals surface area contributed by atoms with Gasteiger partial charge in [0.05, 0.1) is 16.8 Å². The Balaban J connectivity index is 0.000000969. The summed E-state index contributed by atoms with van der Waals surface area (Å²) in [6, 6.07) is 35.6. The predicted molar refractivity (Wildman–Crippen MR) is 206 cm³/mol. The van der Waals surface area contributed by atoms with E-state index in [0.717, 1.165) is 40.5 Å². The van der Waals surface area contributed by atoms with Gasteiger partial charge in [-0.3, -0.25) is 0 Å². The van der Waals surface area contributed by atoms with E-state index in [-0.39, 0.29) is 5.41 Å². The highest BCUT2D eigenvalue weighted by Crippen LogP contribution is 2.64. The zero-order chi connectivity index (χ0) is 33.8. The van der Waals surface area contributed by atoms with E-state index in [2.05, 4.69) is 165 Å². The van der Waals surface area contributed by atoms with Crippen LogP contribution in [0.5, 0.6) is 0 Å². The maximum Gasteiger partial charge on any atom is 0.0751 e. The summed E-state index contributed by atoms with van der Waals surface area (Å²) in [6.07, 6.45) is 23.7. The lowest BCUT2D eigenvalue weighted by molar-refractivity contribution is 0.749. The first kappa shape index (κ1) is 32.0. The van der Waals surface area contributed by atoms with Crippen molar-refractivity contribution in [2.24, 2.45) is 4.99 Å². The first-order valence-corrected chi connectivity index (χ1v) is 16.6. The molecule has 2 nitrogen and oxygen atoms in total. The van der Waals surface area contributed by atoms with Crippen molar-refractivity contribution in [3.05, 3.63) is 198 Å². The number of benzene rings is 4. The number of aliphatic imine (C=N–C) groups is 1. The van der Waals surface area contributed by atoms with Crippen LogP contribution < -0.4 is 4.90 Å². The van der Waals surface area contributed by atoms with Crippen LogP contribution in [0, 0.1) is 12.8 Å². The Morgan fingerprint density at radius 2 is 1.42 bits per heavy atom. The van der Waals surface area contributed by atoms with Crippen molar-refractivity contribution in [3.63, 3.8) is 0 Å². The number of hydrogen-bond acceptors (Lipinski definition) is 2.